The van der Waals surface area contributed by atoms with E-state index in [0.717, 1.165) is 11.4 Å². The van der Waals surface area contributed by atoms with E-state index in [4.69, 9.17) is 0 Å². The van der Waals surface area contributed by atoms with Crippen molar-refractivity contribution in [2.75, 3.05) is 5.32 Å². The number of aromatic hydroxyl groups is 1. The number of nitrogens with zero attached hydrogens (tertiary/aromatic N) is 2. The molecule has 0 aliphatic rings. The van der Waals surface area contributed by atoms with Crippen molar-refractivity contribution in [3.8, 4) is 5.75 Å². The van der Waals surface area contributed by atoms with Gasteiger partial charge in [0.2, 0.25) is 0 Å². The predicted octanol–water partition coefficient (Wildman–Crippen LogP) is 2.78. The van der Waals surface area contributed by atoms with Crippen LogP contribution in [0.4, 0.5) is 5.69 Å². The van der Waals surface area contributed by atoms with E-state index < -0.39 is 0 Å². The average Bonchev–Trinajstić information content (AvgIpc) is 2.74. The van der Waals surface area contributed by atoms with Crippen molar-refractivity contribution >= 4 is 5.69 Å². The van der Waals surface area contributed by atoms with Crippen molar-refractivity contribution in [3.05, 3.63) is 42.5 Å². The van der Waals surface area contributed by atoms with Gasteiger partial charge in [0, 0.05) is 24.0 Å². The molecule has 0 bridgehead atoms. The Hall–Kier alpha value is -1.97. The Morgan fingerprint density at radius 3 is 2.94 bits per heavy atom. The third-order valence-corrected chi connectivity index (χ3v) is 2.62. The van der Waals surface area contributed by atoms with Crippen molar-refractivity contribution in [2.24, 2.45) is 0 Å². The smallest absolute Gasteiger partial charge is 0.117 e. The number of aromatic nitrogens is 2. The van der Waals surface area contributed by atoms with E-state index in [1.807, 2.05) is 24.7 Å². The third-order valence-electron chi connectivity index (χ3n) is 2.62. The van der Waals surface area contributed by atoms with Crippen LogP contribution in [-0.4, -0.2) is 14.7 Å². The Morgan fingerprint density at radius 2 is 2.24 bits per heavy atom. The van der Waals surface area contributed by atoms with Gasteiger partial charge in [0.25, 0.3) is 0 Å². The molecule has 0 spiro atoms. The number of hydrogen-bond acceptors (Lipinski definition) is 3. The van der Waals surface area contributed by atoms with Gasteiger partial charge >= 0.3 is 0 Å². The Bertz CT molecular complexity index is 491. The molecule has 0 aliphatic heterocycles. The highest BCUT2D eigenvalue weighted by atomic mass is 16.3. The van der Waals surface area contributed by atoms with Gasteiger partial charge in [-0.3, -0.25) is 0 Å². The summed E-state index contributed by atoms with van der Waals surface area (Å²) in [7, 11) is 0. The Labute approximate surface area is 101 Å². The second kappa shape index (κ2) is 4.91. The number of benzene rings is 1. The summed E-state index contributed by atoms with van der Waals surface area (Å²) in [5.74, 6) is 0.271. The topological polar surface area (TPSA) is 50.1 Å². The van der Waals surface area contributed by atoms with Gasteiger partial charge in [-0.15, -0.1) is 0 Å². The maximum absolute atomic E-state index is 9.36. The molecular formula is C13H17N3O. The maximum atomic E-state index is 9.36. The van der Waals surface area contributed by atoms with Crippen LogP contribution in [-0.2, 0) is 6.54 Å². The summed E-state index contributed by atoms with van der Waals surface area (Å²) in [5.41, 5.74) is 2.03. The van der Waals surface area contributed by atoms with E-state index >= 15 is 0 Å². The number of anilines is 1. The van der Waals surface area contributed by atoms with E-state index in [1.165, 1.54) is 0 Å². The molecule has 0 atom stereocenters. The lowest BCUT2D eigenvalue weighted by molar-refractivity contribution is 0.475. The molecule has 90 valence electrons. The van der Waals surface area contributed by atoms with Crippen molar-refractivity contribution in [1.82, 2.24) is 9.55 Å². The minimum Gasteiger partial charge on any atom is -0.508 e. The van der Waals surface area contributed by atoms with Crippen LogP contribution < -0.4 is 5.32 Å². The second-order valence-electron chi connectivity index (χ2n) is 4.29. The first kappa shape index (κ1) is 11.5. The van der Waals surface area contributed by atoms with Gasteiger partial charge in [-0.05, 0) is 26.0 Å². The lowest BCUT2D eigenvalue weighted by Gasteiger charge is -2.13. The van der Waals surface area contributed by atoms with Crippen LogP contribution in [0.5, 0.6) is 5.75 Å². The molecule has 1 aromatic heterocycles. The van der Waals surface area contributed by atoms with Crippen LogP contribution in [0.3, 0.4) is 0 Å². The molecule has 0 fully saturated rings. The van der Waals surface area contributed by atoms with Crippen LogP contribution >= 0.6 is 0 Å². The minimum absolute atomic E-state index is 0.271. The molecule has 2 aromatic rings. The van der Waals surface area contributed by atoms with Gasteiger partial charge in [-0.2, -0.15) is 0 Å². The average molecular weight is 231 g/mol. The van der Waals surface area contributed by atoms with Crippen LogP contribution in [0.1, 0.15) is 25.6 Å². The Balaban J connectivity index is 2.05. The number of hydrogen-bond donors (Lipinski definition) is 2. The number of nitrogens with one attached hydrogen (secondary N) is 1. The highest BCUT2D eigenvalue weighted by molar-refractivity contribution is 5.47. The largest absolute Gasteiger partial charge is 0.508 e. The number of phenolic OH excluding ortho intramolecular Hbond substituents is 1. The van der Waals surface area contributed by atoms with Crippen LogP contribution in [0.2, 0.25) is 0 Å². The van der Waals surface area contributed by atoms with Gasteiger partial charge in [-0.1, -0.05) is 6.07 Å². The highest BCUT2D eigenvalue weighted by Crippen LogP contribution is 2.17. The summed E-state index contributed by atoms with van der Waals surface area (Å²) >= 11 is 0. The molecule has 17 heavy (non-hydrogen) atoms. The van der Waals surface area contributed by atoms with Gasteiger partial charge in [-0.25, -0.2) is 4.98 Å². The zero-order valence-electron chi connectivity index (χ0n) is 10.1. The molecule has 0 amide bonds. The summed E-state index contributed by atoms with van der Waals surface area (Å²) in [6.45, 7) is 4.95. The fourth-order valence-corrected chi connectivity index (χ4v) is 1.74. The fraction of sp³-hybridized carbons (Fsp3) is 0.308. The van der Waals surface area contributed by atoms with E-state index in [2.05, 4.69) is 28.7 Å². The van der Waals surface area contributed by atoms with E-state index in [0.29, 0.717) is 12.6 Å². The monoisotopic (exact) mass is 231 g/mol. The lowest BCUT2D eigenvalue weighted by atomic mass is 10.3. The minimum atomic E-state index is 0.271. The van der Waals surface area contributed by atoms with Crippen molar-refractivity contribution in [1.29, 1.82) is 0 Å². The molecule has 0 saturated heterocycles. The van der Waals surface area contributed by atoms with Gasteiger partial charge < -0.3 is 15.0 Å². The van der Waals surface area contributed by atoms with Crippen LogP contribution in [0.15, 0.2) is 36.8 Å². The zero-order chi connectivity index (χ0) is 12.3. The van der Waals surface area contributed by atoms with Crippen molar-refractivity contribution in [2.45, 2.75) is 26.4 Å². The summed E-state index contributed by atoms with van der Waals surface area (Å²) in [4.78, 5) is 4.15. The Morgan fingerprint density at radius 1 is 1.41 bits per heavy atom. The molecule has 4 heteroatoms. The summed E-state index contributed by atoms with van der Waals surface area (Å²) in [6, 6.07) is 7.51. The molecule has 4 nitrogen and oxygen atoms in total. The van der Waals surface area contributed by atoms with Gasteiger partial charge in [0.1, 0.15) is 5.75 Å². The molecule has 2 rings (SSSR count). The highest BCUT2D eigenvalue weighted by Gasteiger charge is 2.04. The normalized spacial score (nSPS) is 10.8. The third kappa shape index (κ3) is 2.78. The second-order valence-corrected chi connectivity index (χ2v) is 4.29. The molecular weight excluding hydrogens is 214 g/mol. The molecule has 1 aromatic carbocycles. The standard InChI is InChI=1S/C13H17N3O/c1-10(2)16-9-14-7-12(16)8-15-11-4-3-5-13(17)6-11/h3-7,9-10,15,17H,8H2,1-2H3. The summed E-state index contributed by atoms with van der Waals surface area (Å²) < 4.78 is 2.12. The quantitative estimate of drug-likeness (QED) is 0.850. The molecule has 0 saturated carbocycles. The number of phenols is 1. The van der Waals surface area contributed by atoms with E-state index in [-0.39, 0.29) is 5.75 Å². The summed E-state index contributed by atoms with van der Waals surface area (Å²) in [5, 5.41) is 12.6. The van der Waals surface area contributed by atoms with Gasteiger partial charge in [0.05, 0.1) is 18.6 Å². The predicted molar refractivity (Wildman–Crippen MR) is 68.0 cm³/mol. The molecule has 0 radical (unpaired) electrons. The first-order chi connectivity index (χ1) is 8.16. The van der Waals surface area contributed by atoms with E-state index in [1.54, 1.807) is 12.1 Å². The fourth-order valence-electron chi connectivity index (χ4n) is 1.74. The molecule has 1 heterocycles. The summed E-state index contributed by atoms with van der Waals surface area (Å²) in [6.07, 6.45) is 3.69. The van der Waals surface area contributed by atoms with Gasteiger partial charge in [0.15, 0.2) is 0 Å². The lowest BCUT2D eigenvalue weighted by Crippen LogP contribution is -2.08. The van der Waals surface area contributed by atoms with Crippen molar-refractivity contribution in [3.63, 3.8) is 0 Å². The SMILES string of the molecule is CC(C)n1cncc1CNc1cccc(O)c1. The maximum Gasteiger partial charge on any atom is 0.117 e. The first-order valence-electron chi connectivity index (χ1n) is 5.70. The molecule has 0 aliphatic carbocycles. The first-order valence-corrected chi connectivity index (χ1v) is 5.70. The number of rotatable bonds is 4. The molecule has 0 unspecified atom stereocenters. The van der Waals surface area contributed by atoms with Crippen molar-refractivity contribution < 1.29 is 5.11 Å². The molecule has 2 N–H and O–H groups in total. The zero-order valence-corrected chi connectivity index (χ0v) is 10.1. The van der Waals surface area contributed by atoms with Crippen LogP contribution in [0, 0.1) is 0 Å². The van der Waals surface area contributed by atoms with E-state index in [9.17, 15) is 5.11 Å². The number of imidazole rings is 1. The van der Waals surface area contributed by atoms with Crippen LogP contribution in [0.25, 0.3) is 0 Å². The Kier molecular flexibility index (Phi) is 3.32.